The molecule has 0 aromatic heterocycles. The van der Waals surface area contributed by atoms with E-state index >= 15 is 0 Å². The Morgan fingerprint density at radius 3 is 2.29 bits per heavy atom. The van der Waals surface area contributed by atoms with Gasteiger partial charge in [-0.25, -0.2) is 8.42 Å². The molecule has 0 radical (unpaired) electrons. The van der Waals surface area contributed by atoms with Crippen molar-refractivity contribution in [2.75, 3.05) is 24.2 Å². The number of methoxy groups -OCH3 is 1. The van der Waals surface area contributed by atoms with Crippen LogP contribution in [0.1, 0.15) is 38.8 Å². The van der Waals surface area contributed by atoms with Gasteiger partial charge in [0.1, 0.15) is 18.3 Å². The maximum Gasteiger partial charge on any atom is 0.244 e. The van der Waals surface area contributed by atoms with Crippen molar-refractivity contribution in [2.24, 2.45) is 0 Å². The minimum absolute atomic E-state index is 0.162. The first-order chi connectivity index (χ1) is 15.7. The molecule has 0 unspecified atom stereocenters. The standard InChI is InChI=1S/C25H35N3O5S/c1-18-10-8-11-20(14-18)16-27(19(2)24(30)26-25(3,4)5)23(29)17-28(34(7,31)32)21-12-9-13-22(15-21)33-6/h8-15,19H,16-17H2,1-7H3,(H,26,30)/t19-/m1/s1. The number of nitrogens with one attached hydrogen (secondary N) is 1. The Kier molecular flexibility index (Phi) is 8.72. The molecular weight excluding hydrogens is 454 g/mol. The molecule has 0 aliphatic heterocycles. The second kappa shape index (κ2) is 10.9. The summed E-state index contributed by atoms with van der Waals surface area (Å²) in [6, 6.07) is 13.3. The van der Waals surface area contributed by atoms with E-state index in [1.807, 2.05) is 52.0 Å². The summed E-state index contributed by atoms with van der Waals surface area (Å²) < 4.78 is 31.5. The van der Waals surface area contributed by atoms with Gasteiger partial charge in [0.2, 0.25) is 21.8 Å². The van der Waals surface area contributed by atoms with Crippen molar-refractivity contribution in [3.63, 3.8) is 0 Å². The molecule has 0 fully saturated rings. The van der Waals surface area contributed by atoms with E-state index in [0.29, 0.717) is 11.4 Å². The summed E-state index contributed by atoms with van der Waals surface area (Å²) in [7, 11) is -2.32. The molecule has 34 heavy (non-hydrogen) atoms. The van der Waals surface area contributed by atoms with Gasteiger partial charge < -0.3 is 15.0 Å². The van der Waals surface area contributed by atoms with Crippen LogP contribution < -0.4 is 14.4 Å². The van der Waals surface area contributed by atoms with Crippen LogP contribution in [-0.2, 0) is 26.2 Å². The Morgan fingerprint density at radius 1 is 1.09 bits per heavy atom. The number of carbonyl (C=O) groups is 2. The van der Waals surface area contributed by atoms with Gasteiger partial charge in [-0.15, -0.1) is 0 Å². The molecule has 8 nitrogen and oxygen atoms in total. The normalized spacial score (nSPS) is 12.6. The fraction of sp³-hybridized carbons (Fsp3) is 0.440. The number of benzene rings is 2. The van der Waals surface area contributed by atoms with Gasteiger partial charge >= 0.3 is 0 Å². The largest absolute Gasteiger partial charge is 0.497 e. The number of hydrogen-bond donors (Lipinski definition) is 1. The Morgan fingerprint density at radius 2 is 1.74 bits per heavy atom. The molecule has 0 spiro atoms. The number of aryl methyl sites for hydroxylation is 1. The van der Waals surface area contributed by atoms with E-state index in [4.69, 9.17) is 4.74 Å². The Hall–Kier alpha value is -3.07. The van der Waals surface area contributed by atoms with Crippen molar-refractivity contribution in [2.45, 2.75) is 52.7 Å². The van der Waals surface area contributed by atoms with Crippen molar-refractivity contribution in [3.8, 4) is 5.75 Å². The van der Waals surface area contributed by atoms with Crippen LogP contribution in [0.5, 0.6) is 5.75 Å². The minimum Gasteiger partial charge on any atom is -0.497 e. The molecule has 2 aromatic carbocycles. The highest BCUT2D eigenvalue weighted by Crippen LogP contribution is 2.24. The van der Waals surface area contributed by atoms with Crippen LogP contribution in [0.25, 0.3) is 0 Å². The van der Waals surface area contributed by atoms with E-state index in [0.717, 1.165) is 21.7 Å². The van der Waals surface area contributed by atoms with E-state index in [2.05, 4.69) is 5.32 Å². The van der Waals surface area contributed by atoms with E-state index in [9.17, 15) is 18.0 Å². The van der Waals surface area contributed by atoms with E-state index in [1.165, 1.54) is 12.0 Å². The van der Waals surface area contributed by atoms with Crippen LogP contribution in [0.3, 0.4) is 0 Å². The van der Waals surface area contributed by atoms with Gasteiger partial charge in [-0.3, -0.25) is 13.9 Å². The maximum absolute atomic E-state index is 13.5. The van der Waals surface area contributed by atoms with Crippen LogP contribution in [0.2, 0.25) is 0 Å². The number of hydrogen-bond acceptors (Lipinski definition) is 5. The lowest BCUT2D eigenvalue weighted by Crippen LogP contribution is -2.54. The van der Waals surface area contributed by atoms with Crippen LogP contribution in [0, 0.1) is 6.92 Å². The molecule has 2 rings (SSSR count). The Bertz CT molecular complexity index is 1130. The summed E-state index contributed by atoms with van der Waals surface area (Å²) >= 11 is 0. The summed E-state index contributed by atoms with van der Waals surface area (Å²) in [4.78, 5) is 27.9. The number of ether oxygens (including phenoxy) is 1. The zero-order valence-electron chi connectivity index (χ0n) is 21.0. The molecular formula is C25H35N3O5S. The molecule has 0 bridgehead atoms. The van der Waals surface area contributed by atoms with Gasteiger partial charge in [-0.1, -0.05) is 35.9 Å². The van der Waals surface area contributed by atoms with Gasteiger partial charge in [0, 0.05) is 18.2 Å². The Labute approximate surface area is 202 Å². The first-order valence-corrected chi connectivity index (χ1v) is 12.8. The third kappa shape index (κ3) is 7.76. The number of nitrogens with zero attached hydrogens (tertiary/aromatic N) is 2. The summed E-state index contributed by atoms with van der Waals surface area (Å²) in [5.41, 5.74) is 1.68. The molecule has 0 aliphatic rings. The first kappa shape index (κ1) is 27.2. The molecule has 0 saturated heterocycles. The smallest absolute Gasteiger partial charge is 0.244 e. The maximum atomic E-state index is 13.5. The zero-order chi connectivity index (χ0) is 25.7. The van der Waals surface area contributed by atoms with Gasteiger partial charge in [0.15, 0.2) is 0 Å². The van der Waals surface area contributed by atoms with Crippen molar-refractivity contribution in [1.29, 1.82) is 0 Å². The van der Waals surface area contributed by atoms with Crippen molar-refractivity contribution in [3.05, 3.63) is 59.7 Å². The number of amides is 2. The molecule has 2 amide bonds. The van der Waals surface area contributed by atoms with Crippen LogP contribution in [0.15, 0.2) is 48.5 Å². The highest BCUT2D eigenvalue weighted by molar-refractivity contribution is 7.92. The second-order valence-electron chi connectivity index (χ2n) is 9.40. The lowest BCUT2D eigenvalue weighted by atomic mass is 10.1. The quantitative estimate of drug-likeness (QED) is 0.584. The highest BCUT2D eigenvalue weighted by atomic mass is 32.2. The Balaban J connectivity index is 2.42. The summed E-state index contributed by atoms with van der Waals surface area (Å²) in [6.07, 6.45) is 1.04. The monoisotopic (exact) mass is 489 g/mol. The SMILES string of the molecule is COc1cccc(N(CC(=O)N(Cc2cccc(C)c2)[C@H](C)C(=O)NC(C)(C)C)S(C)(=O)=O)c1. The molecule has 0 aliphatic carbocycles. The molecule has 0 saturated carbocycles. The first-order valence-electron chi connectivity index (χ1n) is 11.0. The van der Waals surface area contributed by atoms with Gasteiger partial charge in [-0.05, 0) is 52.3 Å². The third-order valence-corrected chi connectivity index (χ3v) is 6.26. The fourth-order valence-corrected chi connectivity index (χ4v) is 4.28. The lowest BCUT2D eigenvalue weighted by Gasteiger charge is -2.33. The third-order valence-electron chi connectivity index (χ3n) is 5.12. The molecule has 1 N–H and O–H groups in total. The van der Waals surface area contributed by atoms with E-state index in [1.54, 1.807) is 31.2 Å². The molecule has 9 heteroatoms. The topological polar surface area (TPSA) is 96.0 Å². The predicted molar refractivity (Wildman–Crippen MR) is 134 cm³/mol. The van der Waals surface area contributed by atoms with Gasteiger partial charge in [0.25, 0.3) is 0 Å². The van der Waals surface area contributed by atoms with Crippen molar-refractivity contribution >= 4 is 27.5 Å². The number of anilines is 1. The number of carbonyl (C=O) groups excluding carboxylic acids is 2. The zero-order valence-corrected chi connectivity index (χ0v) is 21.8. The molecule has 1 atom stereocenters. The molecule has 2 aromatic rings. The van der Waals surface area contributed by atoms with Gasteiger partial charge in [0.05, 0.1) is 19.1 Å². The van der Waals surface area contributed by atoms with E-state index < -0.39 is 34.1 Å². The lowest BCUT2D eigenvalue weighted by molar-refractivity contribution is -0.140. The average Bonchev–Trinajstić information content (AvgIpc) is 2.73. The van der Waals surface area contributed by atoms with Crippen LogP contribution in [-0.4, -0.2) is 56.6 Å². The predicted octanol–water partition coefficient (Wildman–Crippen LogP) is 3.10. The summed E-state index contributed by atoms with van der Waals surface area (Å²) in [5, 5.41) is 2.90. The second-order valence-corrected chi connectivity index (χ2v) is 11.3. The molecule has 186 valence electrons. The number of rotatable bonds is 9. The fourth-order valence-electron chi connectivity index (χ4n) is 3.44. The van der Waals surface area contributed by atoms with Gasteiger partial charge in [-0.2, -0.15) is 0 Å². The minimum atomic E-state index is -3.80. The summed E-state index contributed by atoms with van der Waals surface area (Å²) in [6.45, 7) is 8.88. The van der Waals surface area contributed by atoms with Crippen molar-refractivity contribution < 1.29 is 22.7 Å². The molecule has 0 heterocycles. The highest BCUT2D eigenvalue weighted by Gasteiger charge is 2.31. The van der Waals surface area contributed by atoms with Crippen molar-refractivity contribution in [1.82, 2.24) is 10.2 Å². The average molecular weight is 490 g/mol. The van der Waals surface area contributed by atoms with E-state index in [-0.39, 0.29) is 12.5 Å². The van der Waals surface area contributed by atoms with Crippen LogP contribution in [0.4, 0.5) is 5.69 Å². The van der Waals surface area contributed by atoms with Crippen LogP contribution >= 0.6 is 0 Å². The number of sulfonamides is 1. The summed E-state index contributed by atoms with van der Waals surface area (Å²) in [5.74, 6) is -0.347.